The zero-order chi connectivity index (χ0) is 20.3. The summed E-state index contributed by atoms with van der Waals surface area (Å²) in [5.41, 5.74) is 6.64. The molecule has 146 valence electrons. The molecule has 9 heteroatoms. The van der Waals surface area contributed by atoms with Crippen LogP contribution >= 0.6 is 0 Å². The first kappa shape index (κ1) is 19.3. The number of carbonyl (C=O) groups excluding carboxylic acids is 2. The lowest BCUT2D eigenvalue weighted by atomic mass is 9.87. The number of anilines is 2. The van der Waals surface area contributed by atoms with Crippen LogP contribution in [-0.4, -0.2) is 46.2 Å². The molecule has 9 nitrogen and oxygen atoms in total. The lowest BCUT2D eigenvalue weighted by Crippen LogP contribution is -2.47. The van der Waals surface area contributed by atoms with Crippen LogP contribution in [0.5, 0.6) is 0 Å². The number of nitrogens with one attached hydrogen (secondary N) is 2. The Balaban J connectivity index is 1.80. The molecule has 3 rings (SSSR count). The van der Waals surface area contributed by atoms with Crippen LogP contribution in [0.2, 0.25) is 0 Å². The van der Waals surface area contributed by atoms with Crippen LogP contribution in [-0.2, 0) is 10.3 Å². The summed E-state index contributed by atoms with van der Waals surface area (Å²) in [5, 5.41) is 5.82. The topological polar surface area (TPSA) is 126 Å². The summed E-state index contributed by atoms with van der Waals surface area (Å²) >= 11 is 0. The summed E-state index contributed by atoms with van der Waals surface area (Å²) < 4.78 is 0. The first-order valence-electron chi connectivity index (χ1n) is 8.92. The van der Waals surface area contributed by atoms with Gasteiger partial charge in [-0.05, 0) is 31.5 Å². The number of nitrogens with zero attached hydrogens (tertiary/aromatic N) is 4. The van der Waals surface area contributed by atoms with Crippen LogP contribution in [0, 0.1) is 0 Å². The Labute approximate surface area is 163 Å². The molecular formula is C19H23N7O2. The number of carbonyl (C=O) groups is 2. The number of aliphatic imine (C=N–C) groups is 1. The van der Waals surface area contributed by atoms with Crippen LogP contribution in [0.1, 0.15) is 36.3 Å². The van der Waals surface area contributed by atoms with Gasteiger partial charge in [0.15, 0.2) is 5.96 Å². The van der Waals surface area contributed by atoms with E-state index >= 15 is 0 Å². The summed E-state index contributed by atoms with van der Waals surface area (Å²) in [6.07, 6.45) is 3.12. The molecule has 0 saturated heterocycles. The lowest BCUT2D eigenvalue weighted by molar-refractivity contribution is -0.128. The standard InChI is InChI=1S/C19H23N7O2/c1-4-21-15-11-22-14(10-23-15)17(28)24-13-7-5-6-12(8-13)19(2)9-16(27)26(3)18(20)25-19/h5-8,10-11H,4,9H2,1-3H3,(H2,20,25)(H,21,23)(H,24,28). The van der Waals surface area contributed by atoms with Gasteiger partial charge in [0.05, 0.1) is 24.4 Å². The summed E-state index contributed by atoms with van der Waals surface area (Å²) in [7, 11) is 1.60. The maximum absolute atomic E-state index is 12.5. The highest BCUT2D eigenvalue weighted by Crippen LogP contribution is 2.34. The van der Waals surface area contributed by atoms with E-state index in [1.165, 1.54) is 17.3 Å². The predicted molar refractivity (Wildman–Crippen MR) is 107 cm³/mol. The maximum atomic E-state index is 12.5. The van der Waals surface area contributed by atoms with E-state index in [4.69, 9.17) is 5.73 Å². The normalized spacial score (nSPS) is 19.2. The third-order valence-electron chi connectivity index (χ3n) is 4.56. The average Bonchev–Trinajstić information content (AvgIpc) is 2.67. The third kappa shape index (κ3) is 3.93. The Kier molecular flexibility index (Phi) is 5.25. The van der Waals surface area contributed by atoms with Gasteiger partial charge in [-0.15, -0.1) is 0 Å². The molecular weight excluding hydrogens is 358 g/mol. The maximum Gasteiger partial charge on any atom is 0.275 e. The number of hydrogen-bond acceptors (Lipinski definition) is 7. The minimum absolute atomic E-state index is 0.111. The molecule has 4 N–H and O–H groups in total. The Morgan fingerprint density at radius 1 is 1.32 bits per heavy atom. The van der Waals surface area contributed by atoms with Crippen molar-refractivity contribution in [3.63, 3.8) is 0 Å². The number of guanidine groups is 1. The van der Waals surface area contributed by atoms with Crippen LogP contribution in [0.15, 0.2) is 41.7 Å². The van der Waals surface area contributed by atoms with Gasteiger partial charge in [-0.3, -0.25) is 14.5 Å². The van der Waals surface area contributed by atoms with Crippen molar-refractivity contribution in [3.05, 3.63) is 47.9 Å². The number of nitrogens with two attached hydrogens (primary N) is 1. The molecule has 0 aliphatic carbocycles. The quantitative estimate of drug-likeness (QED) is 0.721. The summed E-state index contributed by atoms with van der Waals surface area (Å²) in [4.78, 5) is 38.7. The molecule has 0 fully saturated rings. The molecule has 0 radical (unpaired) electrons. The molecule has 0 saturated carbocycles. The first-order valence-corrected chi connectivity index (χ1v) is 8.92. The molecule has 2 amide bonds. The third-order valence-corrected chi connectivity index (χ3v) is 4.56. The van der Waals surface area contributed by atoms with Crippen LogP contribution in [0.3, 0.4) is 0 Å². The van der Waals surface area contributed by atoms with E-state index in [0.717, 1.165) is 12.1 Å². The Morgan fingerprint density at radius 2 is 2.11 bits per heavy atom. The molecule has 1 aliphatic heterocycles. The second kappa shape index (κ2) is 7.63. The zero-order valence-electron chi connectivity index (χ0n) is 16.1. The van der Waals surface area contributed by atoms with E-state index in [2.05, 4.69) is 25.6 Å². The highest BCUT2D eigenvalue weighted by molar-refractivity contribution is 6.03. The number of amides is 2. The SMILES string of the molecule is CCNc1cnc(C(=O)Nc2cccc(C3(C)CC(=O)N(C)C(N)=N3)c2)cn1. The van der Waals surface area contributed by atoms with Crippen LogP contribution in [0.25, 0.3) is 0 Å². The molecule has 0 spiro atoms. The van der Waals surface area contributed by atoms with E-state index in [1.54, 1.807) is 25.2 Å². The van der Waals surface area contributed by atoms with E-state index in [1.807, 2.05) is 19.9 Å². The van der Waals surface area contributed by atoms with E-state index < -0.39 is 5.54 Å². The van der Waals surface area contributed by atoms with Gasteiger partial charge in [-0.1, -0.05) is 12.1 Å². The van der Waals surface area contributed by atoms with Crippen molar-refractivity contribution >= 4 is 29.3 Å². The first-order chi connectivity index (χ1) is 13.3. The van der Waals surface area contributed by atoms with Crippen molar-refractivity contribution in [1.29, 1.82) is 0 Å². The predicted octanol–water partition coefficient (Wildman–Crippen LogP) is 1.55. The van der Waals surface area contributed by atoms with Crippen LogP contribution in [0.4, 0.5) is 11.5 Å². The second-order valence-corrected chi connectivity index (χ2v) is 6.73. The molecule has 1 atom stereocenters. The van der Waals surface area contributed by atoms with Crippen molar-refractivity contribution in [2.45, 2.75) is 25.8 Å². The van der Waals surface area contributed by atoms with Crippen molar-refractivity contribution in [3.8, 4) is 0 Å². The van der Waals surface area contributed by atoms with Crippen molar-refractivity contribution in [2.75, 3.05) is 24.2 Å². The number of benzene rings is 1. The zero-order valence-corrected chi connectivity index (χ0v) is 16.1. The Morgan fingerprint density at radius 3 is 2.75 bits per heavy atom. The minimum atomic E-state index is -0.790. The van der Waals surface area contributed by atoms with E-state index in [9.17, 15) is 9.59 Å². The van der Waals surface area contributed by atoms with Gasteiger partial charge < -0.3 is 16.4 Å². The second-order valence-electron chi connectivity index (χ2n) is 6.73. The van der Waals surface area contributed by atoms with Gasteiger partial charge >= 0.3 is 0 Å². The molecule has 28 heavy (non-hydrogen) atoms. The molecule has 1 aromatic heterocycles. The minimum Gasteiger partial charge on any atom is -0.369 e. The number of hydrogen-bond donors (Lipinski definition) is 3. The lowest BCUT2D eigenvalue weighted by Gasteiger charge is -2.33. The Bertz CT molecular complexity index is 926. The largest absolute Gasteiger partial charge is 0.369 e. The highest BCUT2D eigenvalue weighted by atomic mass is 16.2. The number of aromatic nitrogens is 2. The molecule has 1 unspecified atom stereocenters. The average molecular weight is 381 g/mol. The van der Waals surface area contributed by atoms with Gasteiger partial charge in [0, 0.05) is 19.3 Å². The van der Waals surface area contributed by atoms with Gasteiger partial charge in [0.1, 0.15) is 11.5 Å². The Hall–Kier alpha value is -3.49. The van der Waals surface area contributed by atoms with Crippen LogP contribution < -0.4 is 16.4 Å². The van der Waals surface area contributed by atoms with Gasteiger partial charge in [0.25, 0.3) is 5.91 Å². The fourth-order valence-corrected chi connectivity index (χ4v) is 2.92. The summed E-state index contributed by atoms with van der Waals surface area (Å²) in [6.45, 7) is 4.51. The molecule has 2 heterocycles. The fraction of sp³-hybridized carbons (Fsp3) is 0.316. The highest BCUT2D eigenvalue weighted by Gasteiger charge is 2.36. The summed E-state index contributed by atoms with van der Waals surface area (Å²) in [5.74, 6) is 0.293. The van der Waals surface area contributed by atoms with Crippen molar-refractivity contribution in [1.82, 2.24) is 14.9 Å². The van der Waals surface area contributed by atoms with E-state index in [-0.39, 0.29) is 29.9 Å². The molecule has 0 bridgehead atoms. The monoisotopic (exact) mass is 381 g/mol. The van der Waals surface area contributed by atoms with Crippen molar-refractivity contribution < 1.29 is 9.59 Å². The molecule has 1 aliphatic rings. The smallest absolute Gasteiger partial charge is 0.275 e. The van der Waals surface area contributed by atoms with Gasteiger partial charge in [-0.25, -0.2) is 15.0 Å². The van der Waals surface area contributed by atoms with E-state index in [0.29, 0.717) is 11.5 Å². The molecule has 1 aromatic carbocycles. The fourth-order valence-electron chi connectivity index (χ4n) is 2.92. The van der Waals surface area contributed by atoms with Crippen molar-refractivity contribution in [2.24, 2.45) is 10.7 Å². The molecule has 2 aromatic rings. The number of rotatable bonds is 5. The van der Waals surface area contributed by atoms with Gasteiger partial charge in [0.2, 0.25) is 5.91 Å². The van der Waals surface area contributed by atoms with Gasteiger partial charge in [-0.2, -0.15) is 0 Å². The summed E-state index contributed by atoms with van der Waals surface area (Å²) in [6, 6.07) is 7.20.